The highest BCUT2D eigenvalue weighted by Gasteiger charge is 2.18. The van der Waals surface area contributed by atoms with Gasteiger partial charge in [0, 0.05) is 14.9 Å². The van der Waals surface area contributed by atoms with Crippen LogP contribution in [0.3, 0.4) is 0 Å². The maximum atomic E-state index is 6.09. The van der Waals surface area contributed by atoms with Crippen LogP contribution in [0.4, 0.5) is 0 Å². The molecule has 0 aliphatic carbocycles. The molecule has 17 heavy (non-hydrogen) atoms. The first-order valence-corrected chi connectivity index (χ1v) is 7.41. The molecule has 1 unspecified atom stereocenters. The molecular formula is C12H13BrClNOS. The summed E-state index contributed by atoms with van der Waals surface area (Å²) in [4.78, 5) is 1.19. The van der Waals surface area contributed by atoms with Gasteiger partial charge in [0.05, 0.1) is 18.6 Å². The number of nitrogens with one attached hydrogen (secondary N) is 1. The van der Waals surface area contributed by atoms with E-state index in [0.29, 0.717) is 0 Å². The van der Waals surface area contributed by atoms with Crippen LogP contribution in [0.15, 0.2) is 33.5 Å². The van der Waals surface area contributed by atoms with Crippen LogP contribution in [0.25, 0.3) is 0 Å². The van der Waals surface area contributed by atoms with Crippen molar-refractivity contribution in [2.75, 3.05) is 6.54 Å². The molecule has 0 aliphatic rings. The second kappa shape index (κ2) is 6.05. The highest BCUT2D eigenvalue weighted by atomic mass is 79.9. The first-order chi connectivity index (χ1) is 8.22. The number of thiophene rings is 1. The van der Waals surface area contributed by atoms with E-state index in [0.717, 1.165) is 27.3 Å². The van der Waals surface area contributed by atoms with E-state index in [4.69, 9.17) is 16.0 Å². The third-order valence-corrected chi connectivity index (χ3v) is 4.96. The Labute approximate surface area is 118 Å². The Morgan fingerprint density at radius 1 is 1.59 bits per heavy atom. The standard InChI is InChI=1S/C12H13BrClNOS/c1-2-4-15-11(8-3-5-16-7-8)10-6-9(13)12(14)17-10/h3,5-7,11,15H,2,4H2,1H3. The molecule has 0 radical (unpaired) electrons. The van der Waals surface area contributed by atoms with Gasteiger partial charge in [-0.3, -0.25) is 0 Å². The van der Waals surface area contributed by atoms with E-state index in [9.17, 15) is 0 Å². The van der Waals surface area contributed by atoms with Crippen molar-refractivity contribution >= 4 is 38.9 Å². The zero-order chi connectivity index (χ0) is 12.3. The minimum absolute atomic E-state index is 0.155. The molecular weight excluding hydrogens is 322 g/mol. The fourth-order valence-electron chi connectivity index (χ4n) is 1.62. The molecule has 0 bridgehead atoms. The zero-order valence-corrected chi connectivity index (χ0v) is 12.5. The molecule has 5 heteroatoms. The summed E-state index contributed by atoms with van der Waals surface area (Å²) in [6, 6.07) is 4.20. The second-order valence-corrected chi connectivity index (χ2v) is 6.25. The molecule has 0 saturated carbocycles. The second-order valence-electron chi connectivity index (χ2n) is 3.71. The summed E-state index contributed by atoms with van der Waals surface area (Å²) in [6.45, 7) is 3.11. The van der Waals surface area contributed by atoms with Crippen molar-refractivity contribution in [1.82, 2.24) is 5.32 Å². The quantitative estimate of drug-likeness (QED) is 0.846. The molecule has 2 heterocycles. The normalized spacial score (nSPS) is 12.9. The lowest BCUT2D eigenvalue weighted by Gasteiger charge is -2.15. The molecule has 92 valence electrons. The molecule has 2 aromatic heterocycles. The number of halogens is 2. The van der Waals surface area contributed by atoms with E-state index < -0.39 is 0 Å². The van der Waals surface area contributed by atoms with Gasteiger partial charge >= 0.3 is 0 Å². The molecule has 0 amide bonds. The van der Waals surface area contributed by atoms with Gasteiger partial charge in [-0.05, 0) is 41.0 Å². The molecule has 1 atom stereocenters. The van der Waals surface area contributed by atoms with Crippen LogP contribution in [-0.4, -0.2) is 6.54 Å². The first kappa shape index (κ1) is 13.1. The third kappa shape index (κ3) is 3.13. The molecule has 0 aromatic carbocycles. The Balaban J connectivity index is 2.26. The molecule has 0 saturated heterocycles. The van der Waals surface area contributed by atoms with Crippen molar-refractivity contribution in [2.24, 2.45) is 0 Å². The average Bonchev–Trinajstić information content (AvgIpc) is 2.92. The predicted octanol–water partition coefficient (Wildman–Crippen LogP) is 4.85. The van der Waals surface area contributed by atoms with E-state index in [1.165, 1.54) is 4.88 Å². The van der Waals surface area contributed by atoms with Crippen LogP contribution in [0.1, 0.15) is 29.8 Å². The minimum Gasteiger partial charge on any atom is -0.472 e. The molecule has 2 nitrogen and oxygen atoms in total. The number of furan rings is 1. The maximum absolute atomic E-state index is 6.09. The van der Waals surface area contributed by atoms with Crippen molar-refractivity contribution in [3.05, 3.63) is 43.9 Å². The monoisotopic (exact) mass is 333 g/mol. The van der Waals surface area contributed by atoms with E-state index >= 15 is 0 Å². The molecule has 2 rings (SSSR count). The van der Waals surface area contributed by atoms with Crippen molar-refractivity contribution < 1.29 is 4.42 Å². The number of hydrogen-bond donors (Lipinski definition) is 1. The highest BCUT2D eigenvalue weighted by molar-refractivity contribution is 9.10. The van der Waals surface area contributed by atoms with E-state index in [-0.39, 0.29) is 6.04 Å². The van der Waals surface area contributed by atoms with Crippen LogP contribution in [0.5, 0.6) is 0 Å². The Morgan fingerprint density at radius 3 is 2.94 bits per heavy atom. The smallest absolute Gasteiger partial charge is 0.107 e. The van der Waals surface area contributed by atoms with E-state index in [1.807, 2.05) is 6.07 Å². The molecule has 0 aliphatic heterocycles. The van der Waals surface area contributed by atoms with Crippen LogP contribution in [-0.2, 0) is 0 Å². The molecule has 2 aromatic rings. The van der Waals surface area contributed by atoms with Gasteiger partial charge in [0.1, 0.15) is 4.34 Å². The Hall–Kier alpha value is -0.290. The van der Waals surface area contributed by atoms with E-state index in [1.54, 1.807) is 23.9 Å². The molecule has 1 N–H and O–H groups in total. The van der Waals surface area contributed by atoms with Crippen molar-refractivity contribution in [3.8, 4) is 0 Å². The van der Waals surface area contributed by atoms with Gasteiger partial charge in [-0.2, -0.15) is 0 Å². The lowest BCUT2D eigenvalue weighted by Crippen LogP contribution is -2.21. The fraction of sp³-hybridized carbons (Fsp3) is 0.333. The topological polar surface area (TPSA) is 25.2 Å². The number of hydrogen-bond acceptors (Lipinski definition) is 3. The summed E-state index contributed by atoms with van der Waals surface area (Å²) >= 11 is 11.1. The van der Waals surface area contributed by atoms with Gasteiger partial charge in [-0.15, -0.1) is 11.3 Å². The summed E-state index contributed by atoms with van der Waals surface area (Å²) in [7, 11) is 0. The Kier molecular flexibility index (Phi) is 4.68. The average molecular weight is 335 g/mol. The van der Waals surface area contributed by atoms with Gasteiger partial charge in [-0.1, -0.05) is 18.5 Å². The summed E-state index contributed by atoms with van der Waals surface area (Å²) in [5.74, 6) is 0. The first-order valence-electron chi connectivity index (χ1n) is 5.42. The molecule has 0 spiro atoms. The minimum atomic E-state index is 0.155. The zero-order valence-electron chi connectivity index (χ0n) is 9.37. The van der Waals surface area contributed by atoms with Crippen molar-refractivity contribution in [3.63, 3.8) is 0 Å². The lowest BCUT2D eigenvalue weighted by molar-refractivity contribution is 0.550. The van der Waals surface area contributed by atoms with Gasteiger partial charge in [0.25, 0.3) is 0 Å². The summed E-state index contributed by atoms with van der Waals surface area (Å²) in [5, 5.41) is 3.50. The lowest BCUT2D eigenvalue weighted by atomic mass is 10.1. The SMILES string of the molecule is CCCNC(c1ccoc1)c1cc(Br)c(Cl)s1. The van der Waals surface area contributed by atoms with Crippen molar-refractivity contribution in [2.45, 2.75) is 19.4 Å². The van der Waals surface area contributed by atoms with Crippen LogP contribution < -0.4 is 5.32 Å². The fourth-order valence-corrected chi connectivity index (χ4v) is 3.46. The largest absolute Gasteiger partial charge is 0.472 e. The van der Waals surface area contributed by atoms with E-state index in [2.05, 4.69) is 34.2 Å². The highest BCUT2D eigenvalue weighted by Crippen LogP contribution is 2.37. The van der Waals surface area contributed by atoms with Gasteiger partial charge < -0.3 is 9.73 Å². The number of rotatable bonds is 5. The van der Waals surface area contributed by atoms with Crippen molar-refractivity contribution in [1.29, 1.82) is 0 Å². The summed E-state index contributed by atoms with van der Waals surface area (Å²) in [6.07, 6.45) is 4.56. The summed E-state index contributed by atoms with van der Waals surface area (Å²) in [5.41, 5.74) is 1.13. The van der Waals surface area contributed by atoms with Gasteiger partial charge in [0.2, 0.25) is 0 Å². The maximum Gasteiger partial charge on any atom is 0.107 e. The Bertz CT molecular complexity index is 449. The van der Waals surface area contributed by atoms with Gasteiger partial charge in [-0.25, -0.2) is 0 Å². The van der Waals surface area contributed by atoms with Crippen LogP contribution >= 0.6 is 38.9 Å². The Morgan fingerprint density at radius 2 is 2.41 bits per heavy atom. The molecule has 0 fully saturated rings. The predicted molar refractivity (Wildman–Crippen MR) is 75.9 cm³/mol. The van der Waals surface area contributed by atoms with Crippen LogP contribution in [0.2, 0.25) is 4.34 Å². The third-order valence-electron chi connectivity index (χ3n) is 2.42. The van der Waals surface area contributed by atoms with Crippen LogP contribution in [0, 0.1) is 0 Å². The van der Waals surface area contributed by atoms with Gasteiger partial charge in [0.15, 0.2) is 0 Å². The summed E-state index contributed by atoms with van der Waals surface area (Å²) < 4.78 is 6.89.